The van der Waals surface area contributed by atoms with E-state index in [2.05, 4.69) is 21.7 Å². The van der Waals surface area contributed by atoms with Crippen molar-refractivity contribution in [2.45, 2.75) is 64.8 Å². The summed E-state index contributed by atoms with van der Waals surface area (Å²) in [5, 5.41) is 15.7. The molecule has 1 atom stereocenters. The van der Waals surface area contributed by atoms with E-state index in [0.29, 0.717) is 55.5 Å². The van der Waals surface area contributed by atoms with Gasteiger partial charge in [-0.05, 0) is 93.2 Å². The average molecular weight is 511 g/mol. The number of hydrogen-bond acceptors (Lipinski definition) is 5. The molecule has 0 radical (unpaired) electrons. The van der Waals surface area contributed by atoms with Crippen LogP contribution in [-0.2, 0) is 22.4 Å². The Labute approximate surface area is 216 Å². The molecule has 1 fully saturated rings. The second-order valence-electron chi connectivity index (χ2n) is 10.2. The maximum atomic E-state index is 13.6. The number of anilines is 1. The first-order valence-electron chi connectivity index (χ1n) is 13.0. The lowest BCUT2D eigenvalue weighted by Crippen LogP contribution is -2.45. The summed E-state index contributed by atoms with van der Waals surface area (Å²) in [7, 11) is 0. The van der Waals surface area contributed by atoms with Gasteiger partial charge >= 0.3 is 5.97 Å². The topological polar surface area (TPSA) is 112 Å². The lowest BCUT2D eigenvalue weighted by atomic mass is 9.89. The summed E-state index contributed by atoms with van der Waals surface area (Å²) in [4.78, 5) is 44.0. The fraction of sp³-hybridized carbons (Fsp3) is 0.500. The Hall–Kier alpha value is -3.49. The number of rotatable bonds is 8. The highest BCUT2D eigenvalue weighted by molar-refractivity contribution is 5.99. The van der Waals surface area contributed by atoms with Crippen LogP contribution in [0.4, 0.5) is 10.2 Å². The van der Waals surface area contributed by atoms with Crippen molar-refractivity contribution in [1.29, 1.82) is 0 Å². The zero-order valence-corrected chi connectivity index (χ0v) is 21.5. The number of nitrogens with one attached hydrogen (secondary N) is 2. The number of fused-ring (bicyclic) bond motifs is 1. The van der Waals surface area contributed by atoms with Gasteiger partial charge < -0.3 is 20.6 Å². The van der Waals surface area contributed by atoms with Crippen LogP contribution < -0.4 is 10.6 Å². The van der Waals surface area contributed by atoms with Gasteiger partial charge in [-0.15, -0.1) is 0 Å². The molecule has 198 valence electrons. The first kappa shape index (κ1) is 26.6. The molecular weight excluding hydrogens is 475 g/mol. The summed E-state index contributed by atoms with van der Waals surface area (Å²) < 4.78 is 13.6. The number of pyridine rings is 1. The van der Waals surface area contributed by atoms with Crippen molar-refractivity contribution < 1.29 is 23.9 Å². The van der Waals surface area contributed by atoms with Crippen LogP contribution in [-0.4, -0.2) is 58.5 Å². The summed E-state index contributed by atoms with van der Waals surface area (Å²) in [5.74, 6) is -0.955. The Morgan fingerprint density at radius 1 is 1.19 bits per heavy atom. The number of benzene rings is 1. The number of carbonyl (C=O) groups excluding carboxylic acids is 2. The largest absolute Gasteiger partial charge is 0.480 e. The molecule has 4 rings (SSSR count). The zero-order chi connectivity index (χ0) is 26.5. The quantitative estimate of drug-likeness (QED) is 0.500. The molecule has 1 aromatic heterocycles. The van der Waals surface area contributed by atoms with Gasteiger partial charge in [0.15, 0.2) is 0 Å². The smallest absolute Gasteiger partial charge is 0.326 e. The summed E-state index contributed by atoms with van der Waals surface area (Å²) in [6.45, 7) is 5.33. The molecule has 1 saturated heterocycles. The number of halogens is 1. The first-order chi connectivity index (χ1) is 17.7. The minimum atomic E-state index is -1.10. The lowest BCUT2D eigenvalue weighted by molar-refractivity contribution is -0.140. The summed E-state index contributed by atoms with van der Waals surface area (Å²) >= 11 is 0. The molecule has 0 aliphatic carbocycles. The molecule has 3 N–H and O–H groups in total. The lowest BCUT2D eigenvalue weighted by Gasteiger charge is -2.33. The first-order valence-corrected chi connectivity index (χ1v) is 13.0. The number of hydrogen-bond donors (Lipinski definition) is 3. The summed E-state index contributed by atoms with van der Waals surface area (Å²) in [6, 6.07) is 5.58. The molecule has 8 nitrogen and oxygen atoms in total. The van der Waals surface area contributed by atoms with E-state index >= 15 is 0 Å². The van der Waals surface area contributed by atoms with Gasteiger partial charge in [-0.2, -0.15) is 0 Å². The van der Waals surface area contributed by atoms with Crippen LogP contribution in [0.15, 0.2) is 24.3 Å². The van der Waals surface area contributed by atoms with Crippen molar-refractivity contribution in [2.24, 2.45) is 5.92 Å². The number of aromatic nitrogens is 1. The molecule has 1 aromatic carbocycles. The van der Waals surface area contributed by atoms with Gasteiger partial charge in [-0.25, -0.2) is 14.2 Å². The van der Waals surface area contributed by atoms with Crippen LogP contribution in [0.1, 0.15) is 64.8 Å². The molecular formula is C28H35FN4O4. The fourth-order valence-electron chi connectivity index (χ4n) is 5.37. The Morgan fingerprint density at radius 2 is 1.89 bits per heavy atom. The fourth-order valence-corrected chi connectivity index (χ4v) is 5.37. The molecule has 9 heteroatoms. The number of piperidine rings is 1. The normalized spacial score (nSPS) is 16.5. The van der Waals surface area contributed by atoms with Crippen molar-refractivity contribution in [3.05, 3.63) is 58.0 Å². The van der Waals surface area contributed by atoms with Crippen molar-refractivity contribution in [3.63, 3.8) is 0 Å². The molecule has 0 saturated carbocycles. The molecule has 0 bridgehead atoms. The van der Waals surface area contributed by atoms with Crippen LogP contribution in [0.5, 0.6) is 0 Å². The van der Waals surface area contributed by atoms with Crippen LogP contribution >= 0.6 is 0 Å². The summed E-state index contributed by atoms with van der Waals surface area (Å²) in [5.41, 5.74) is 3.36. The molecule has 2 amide bonds. The highest BCUT2D eigenvalue weighted by atomic mass is 19.1. The average Bonchev–Trinajstić information content (AvgIpc) is 2.86. The van der Waals surface area contributed by atoms with E-state index in [9.17, 15) is 23.9 Å². The third-order valence-corrected chi connectivity index (χ3v) is 7.41. The van der Waals surface area contributed by atoms with E-state index in [1.807, 2.05) is 11.0 Å². The second-order valence-corrected chi connectivity index (χ2v) is 10.2. The van der Waals surface area contributed by atoms with Crippen LogP contribution in [0.25, 0.3) is 0 Å². The number of carbonyl (C=O) groups is 3. The van der Waals surface area contributed by atoms with Crippen LogP contribution in [0, 0.1) is 25.6 Å². The Balaban J connectivity index is 1.26. The number of likely N-dealkylation sites (tertiary alicyclic amines) is 1. The van der Waals surface area contributed by atoms with Crippen molar-refractivity contribution >= 4 is 23.6 Å². The van der Waals surface area contributed by atoms with Gasteiger partial charge in [-0.3, -0.25) is 9.59 Å². The molecule has 1 unspecified atom stereocenters. The number of aliphatic carboxylic acids is 1. The number of aryl methyl sites for hydroxylation is 4. The zero-order valence-electron chi connectivity index (χ0n) is 21.5. The molecule has 2 aliphatic heterocycles. The predicted molar refractivity (Wildman–Crippen MR) is 138 cm³/mol. The highest BCUT2D eigenvalue weighted by Crippen LogP contribution is 2.24. The van der Waals surface area contributed by atoms with E-state index < -0.39 is 23.7 Å². The minimum Gasteiger partial charge on any atom is -0.480 e. The number of amides is 2. The van der Waals surface area contributed by atoms with Gasteiger partial charge in [0.05, 0.1) is 0 Å². The van der Waals surface area contributed by atoms with Crippen LogP contribution in [0.2, 0.25) is 0 Å². The number of carboxylic acid groups (broad SMARTS) is 1. The van der Waals surface area contributed by atoms with Gasteiger partial charge in [-0.1, -0.05) is 6.07 Å². The molecule has 0 spiro atoms. The molecule has 2 aliphatic rings. The van der Waals surface area contributed by atoms with Crippen molar-refractivity contribution in [1.82, 2.24) is 15.2 Å². The summed E-state index contributed by atoms with van der Waals surface area (Å²) in [6.07, 6.45) is 4.76. The van der Waals surface area contributed by atoms with Gasteiger partial charge in [0, 0.05) is 37.3 Å². The molecule has 3 heterocycles. The monoisotopic (exact) mass is 510 g/mol. The van der Waals surface area contributed by atoms with E-state index in [-0.39, 0.29) is 18.2 Å². The SMILES string of the molecule is Cc1cc(F)cc(C)c1C(=O)NC(CC1CCN(C(=O)CCc2ccc3c(n2)NCCC3)CC1)C(=O)O. The number of carboxylic acids is 1. The Morgan fingerprint density at radius 3 is 2.57 bits per heavy atom. The highest BCUT2D eigenvalue weighted by Gasteiger charge is 2.29. The molecule has 37 heavy (non-hydrogen) atoms. The van der Waals surface area contributed by atoms with E-state index in [1.54, 1.807) is 13.8 Å². The number of nitrogens with zero attached hydrogens (tertiary/aromatic N) is 2. The van der Waals surface area contributed by atoms with E-state index in [0.717, 1.165) is 30.9 Å². The van der Waals surface area contributed by atoms with E-state index in [1.165, 1.54) is 17.7 Å². The van der Waals surface area contributed by atoms with Crippen LogP contribution in [0.3, 0.4) is 0 Å². The van der Waals surface area contributed by atoms with E-state index in [4.69, 9.17) is 0 Å². The van der Waals surface area contributed by atoms with Gasteiger partial charge in [0.2, 0.25) is 5.91 Å². The van der Waals surface area contributed by atoms with Crippen molar-refractivity contribution in [3.8, 4) is 0 Å². The van der Waals surface area contributed by atoms with Gasteiger partial charge in [0.1, 0.15) is 17.7 Å². The Kier molecular flexibility index (Phi) is 8.41. The Bertz CT molecular complexity index is 1150. The third kappa shape index (κ3) is 6.64. The second kappa shape index (κ2) is 11.7. The third-order valence-electron chi connectivity index (χ3n) is 7.41. The standard InChI is InChI=1S/C28H35FN4O4/c1-17-14-21(29)15-18(2)25(17)27(35)32-23(28(36)37)16-19-9-12-33(13-10-19)24(34)8-7-22-6-5-20-4-3-11-30-26(20)31-22/h5-6,14-15,19,23H,3-4,7-13,16H2,1-2H3,(H,30,31)(H,32,35)(H,36,37). The maximum Gasteiger partial charge on any atom is 0.326 e. The predicted octanol–water partition coefficient (Wildman–Crippen LogP) is 3.64. The molecule has 2 aromatic rings. The van der Waals surface area contributed by atoms with Gasteiger partial charge in [0.25, 0.3) is 5.91 Å². The maximum absolute atomic E-state index is 13.6. The van der Waals surface area contributed by atoms with Crippen molar-refractivity contribution in [2.75, 3.05) is 25.0 Å². The minimum absolute atomic E-state index is 0.0780.